The van der Waals surface area contributed by atoms with Gasteiger partial charge in [-0.2, -0.15) is 0 Å². The number of likely N-dealkylation sites (tertiary alicyclic amines) is 1. The molecule has 0 amide bonds. The fourth-order valence-electron chi connectivity index (χ4n) is 2.43. The van der Waals surface area contributed by atoms with Crippen LogP contribution in [-0.2, 0) is 4.74 Å². The van der Waals surface area contributed by atoms with Crippen LogP contribution in [0.25, 0.3) is 0 Å². The molecule has 3 atom stereocenters. The van der Waals surface area contributed by atoms with Crippen LogP contribution < -0.4 is 0 Å². The summed E-state index contributed by atoms with van der Waals surface area (Å²) in [5, 5.41) is 9.38. The Hall–Kier alpha value is -0.120. The highest BCUT2D eigenvalue weighted by Gasteiger charge is 2.32. The zero-order chi connectivity index (χ0) is 11.5. The number of methoxy groups -OCH3 is 1. The molecule has 1 fully saturated rings. The second-order valence-corrected chi connectivity index (χ2v) is 5.16. The van der Waals surface area contributed by atoms with Crippen LogP contribution in [0.4, 0.5) is 0 Å². The van der Waals surface area contributed by atoms with Crippen LogP contribution in [0, 0.1) is 0 Å². The zero-order valence-corrected chi connectivity index (χ0v) is 10.5. The Kier molecular flexibility index (Phi) is 4.56. The van der Waals surface area contributed by atoms with E-state index < -0.39 is 0 Å². The van der Waals surface area contributed by atoms with E-state index in [1.807, 2.05) is 6.92 Å². The molecule has 1 N–H and O–H groups in total. The Morgan fingerprint density at radius 3 is 2.67 bits per heavy atom. The van der Waals surface area contributed by atoms with E-state index >= 15 is 0 Å². The van der Waals surface area contributed by atoms with Crippen molar-refractivity contribution in [2.45, 2.75) is 57.8 Å². The summed E-state index contributed by atoms with van der Waals surface area (Å²) in [5.41, 5.74) is 0.00516. The molecule has 0 aromatic heterocycles. The zero-order valence-electron chi connectivity index (χ0n) is 10.5. The summed E-state index contributed by atoms with van der Waals surface area (Å²) in [6.07, 6.45) is 2.96. The van der Waals surface area contributed by atoms with Gasteiger partial charge >= 0.3 is 0 Å². The van der Waals surface area contributed by atoms with Gasteiger partial charge in [-0.15, -0.1) is 0 Å². The average Bonchev–Trinajstić information content (AvgIpc) is 2.17. The van der Waals surface area contributed by atoms with E-state index in [1.54, 1.807) is 7.11 Å². The van der Waals surface area contributed by atoms with Crippen LogP contribution in [0.3, 0.4) is 0 Å². The highest BCUT2D eigenvalue weighted by Crippen LogP contribution is 2.26. The summed E-state index contributed by atoms with van der Waals surface area (Å²) in [4.78, 5) is 2.43. The lowest BCUT2D eigenvalue weighted by Gasteiger charge is -2.42. The van der Waals surface area contributed by atoms with E-state index in [1.165, 1.54) is 6.42 Å². The summed E-state index contributed by atoms with van der Waals surface area (Å²) in [6, 6.07) is 0.444. The van der Waals surface area contributed by atoms with Crippen molar-refractivity contribution in [2.75, 3.05) is 20.2 Å². The number of aliphatic hydroxyl groups excluding tert-OH is 1. The smallest absolute Gasteiger partial charge is 0.0777 e. The van der Waals surface area contributed by atoms with Gasteiger partial charge in [0.05, 0.1) is 11.7 Å². The molecule has 1 saturated heterocycles. The molecule has 0 saturated carbocycles. The first-order valence-electron chi connectivity index (χ1n) is 5.94. The highest BCUT2D eigenvalue weighted by molar-refractivity contribution is 4.87. The van der Waals surface area contributed by atoms with Gasteiger partial charge in [0.25, 0.3) is 0 Å². The molecule has 1 rings (SSSR count). The summed E-state index contributed by atoms with van der Waals surface area (Å²) in [7, 11) is 1.79. The molecular weight excluding hydrogens is 190 g/mol. The first-order chi connectivity index (χ1) is 6.97. The standard InChI is InChI=1S/C12H25NO2/c1-10(8-11(2)14)13-7-5-6-12(3,9-13)15-4/h10-11,14H,5-9H2,1-4H3. The maximum absolute atomic E-state index is 9.38. The SMILES string of the molecule is COC1(C)CCCN(C(C)CC(C)O)C1. The summed E-state index contributed by atoms with van der Waals surface area (Å²) < 4.78 is 5.56. The van der Waals surface area contributed by atoms with Gasteiger partial charge < -0.3 is 9.84 Å². The molecular formula is C12H25NO2. The molecule has 15 heavy (non-hydrogen) atoms. The van der Waals surface area contributed by atoms with Gasteiger partial charge in [0.15, 0.2) is 0 Å². The van der Waals surface area contributed by atoms with E-state index in [0.29, 0.717) is 6.04 Å². The number of nitrogens with zero attached hydrogens (tertiary/aromatic N) is 1. The van der Waals surface area contributed by atoms with Gasteiger partial charge in [-0.3, -0.25) is 4.90 Å². The van der Waals surface area contributed by atoms with Gasteiger partial charge in [0.1, 0.15) is 0 Å². The Morgan fingerprint density at radius 1 is 1.47 bits per heavy atom. The van der Waals surface area contributed by atoms with Gasteiger partial charge in [-0.1, -0.05) is 0 Å². The van der Waals surface area contributed by atoms with Crippen LogP contribution in [0.1, 0.15) is 40.0 Å². The fourth-order valence-corrected chi connectivity index (χ4v) is 2.43. The molecule has 1 aliphatic heterocycles. The number of ether oxygens (including phenoxy) is 1. The van der Waals surface area contributed by atoms with Crippen LogP contribution in [0.2, 0.25) is 0 Å². The number of piperidine rings is 1. The van der Waals surface area contributed by atoms with Crippen molar-refractivity contribution in [1.82, 2.24) is 4.90 Å². The first-order valence-corrected chi connectivity index (χ1v) is 5.94. The summed E-state index contributed by atoms with van der Waals surface area (Å²) in [6.45, 7) is 8.34. The van der Waals surface area contributed by atoms with E-state index in [4.69, 9.17) is 4.74 Å². The molecule has 0 aromatic rings. The molecule has 3 nitrogen and oxygen atoms in total. The van der Waals surface area contributed by atoms with Gasteiger partial charge in [0.2, 0.25) is 0 Å². The molecule has 0 radical (unpaired) electrons. The van der Waals surface area contributed by atoms with Crippen molar-refractivity contribution in [1.29, 1.82) is 0 Å². The predicted molar refractivity (Wildman–Crippen MR) is 62.0 cm³/mol. The van der Waals surface area contributed by atoms with Crippen LogP contribution in [0.5, 0.6) is 0 Å². The van der Waals surface area contributed by atoms with E-state index in [-0.39, 0.29) is 11.7 Å². The normalized spacial score (nSPS) is 32.6. The monoisotopic (exact) mass is 215 g/mol. The minimum Gasteiger partial charge on any atom is -0.393 e. The Labute approximate surface area is 93.4 Å². The number of hydrogen-bond acceptors (Lipinski definition) is 3. The average molecular weight is 215 g/mol. The van der Waals surface area contributed by atoms with Crippen molar-refractivity contribution in [3.8, 4) is 0 Å². The fraction of sp³-hybridized carbons (Fsp3) is 1.00. The summed E-state index contributed by atoms with van der Waals surface area (Å²) >= 11 is 0. The van der Waals surface area contributed by atoms with E-state index in [9.17, 15) is 5.11 Å². The number of hydrogen-bond donors (Lipinski definition) is 1. The lowest BCUT2D eigenvalue weighted by atomic mass is 9.93. The molecule has 1 aliphatic rings. The third-order valence-corrected chi connectivity index (χ3v) is 3.49. The maximum atomic E-state index is 9.38. The Bertz CT molecular complexity index is 196. The third-order valence-electron chi connectivity index (χ3n) is 3.49. The van der Waals surface area contributed by atoms with Crippen LogP contribution in [-0.4, -0.2) is 48.0 Å². The van der Waals surface area contributed by atoms with Crippen molar-refractivity contribution in [3.05, 3.63) is 0 Å². The predicted octanol–water partition coefficient (Wildman–Crippen LogP) is 1.65. The van der Waals surface area contributed by atoms with Crippen molar-refractivity contribution >= 4 is 0 Å². The quantitative estimate of drug-likeness (QED) is 0.774. The topological polar surface area (TPSA) is 32.7 Å². The molecule has 0 aromatic carbocycles. The molecule has 0 spiro atoms. The maximum Gasteiger partial charge on any atom is 0.0777 e. The summed E-state index contributed by atoms with van der Waals surface area (Å²) in [5.74, 6) is 0. The Morgan fingerprint density at radius 2 is 2.13 bits per heavy atom. The highest BCUT2D eigenvalue weighted by atomic mass is 16.5. The minimum absolute atomic E-state index is 0.00516. The molecule has 3 unspecified atom stereocenters. The van der Waals surface area contributed by atoms with Gasteiger partial charge in [0, 0.05) is 19.7 Å². The number of rotatable bonds is 4. The first kappa shape index (κ1) is 12.9. The molecule has 0 aliphatic carbocycles. The van der Waals surface area contributed by atoms with Gasteiger partial charge in [-0.25, -0.2) is 0 Å². The van der Waals surface area contributed by atoms with Crippen molar-refractivity contribution in [3.63, 3.8) is 0 Å². The second-order valence-electron chi connectivity index (χ2n) is 5.16. The molecule has 1 heterocycles. The molecule has 3 heteroatoms. The number of aliphatic hydroxyl groups is 1. The van der Waals surface area contributed by atoms with Crippen LogP contribution in [0.15, 0.2) is 0 Å². The van der Waals surface area contributed by atoms with Crippen LogP contribution >= 0.6 is 0 Å². The molecule has 90 valence electrons. The van der Waals surface area contributed by atoms with Crippen molar-refractivity contribution in [2.24, 2.45) is 0 Å². The van der Waals surface area contributed by atoms with E-state index in [0.717, 1.165) is 25.9 Å². The van der Waals surface area contributed by atoms with E-state index in [2.05, 4.69) is 18.7 Å². The lowest BCUT2D eigenvalue weighted by Crippen LogP contribution is -2.51. The largest absolute Gasteiger partial charge is 0.393 e. The van der Waals surface area contributed by atoms with Gasteiger partial charge in [-0.05, 0) is 46.6 Å². The minimum atomic E-state index is -0.212. The van der Waals surface area contributed by atoms with Crippen molar-refractivity contribution < 1.29 is 9.84 Å². The lowest BCUT2D eigenvalue weighted by molar-refractivity contribution is -0.0630. The molecule has 0 bridgehead atoms. The second kappa shape index (κ2) is 5.28. The third kappa shape index (κ3) is 3.74. The Balaban J connectivity index is 2.48.